The third-order valence-electron chi connectivity index (χ3n) is 3.07. The average Bonchev–Trinajstić information content (AvgIpc) is 2.40. The predicted molar refractivity (Wildman–Crippen MR) is 69.7 cm³/mol. The van der Waals surface area contributed by atoms with Gasteiger partial charge in [0.05, 0.1) is 17.9 Å². The van der Waals surface area contributed by atoms with Crippen molar-refractivity contribution in [1.82, 2.24) is 4.98 Å². The number of hydrogen-bond acceptors (Lipinski definition) is 4. The molecular weight excluding hydrogens is 246 g/mol. The summed E-state index contributed by atoms with van der Waals surface area (Å²) in [4.78, 5) is 15.4. The second-order valence-electron chi connectivity index (χ2n) is 4.66. The number of carbonyl (C=O) groups is 1. The molecule has 5 nitrogen and oxygen atoms in total. The van der Waals surface area contributed by atoms with E-state index in [0.29, 0.717) is 24.6 Å². The summed E-state index contributed by atoms with van der Waals surface area (Å²) in [7, 11) is 0. The lowest BCUT2D eigenvalue weighted by Gasteiger charge is -2.23. The highest BCUT2D eigenvalue weighted by Crippen LogP contribution is 2.18. The molecule has 0 aliphatic carbocycles. The third kappa shape index (κ3) is 3.67. The van der Waals surface area contributed by atoms with Gasteiger partial charge in [0, 0.05) is 12.7 Å². The topological polar surface area (TPSA) is 68.7 Å². The molecule has 0 radical (unpaired) electrons. The number of carboxylic acid groups (broad SMARTS) is 1. The minimum absolute atomic E-state index is 0.0198. The first kappa shape index (κ1) is 13.8. The number of aromatic carboxylic acids is 1. The molecule has 1 aliphatic rings. The van der Waals surface area contributed by atoms with Crippen LogP contribution in [0.4, 0.5) is 0 Å². The van der Waals surface area contributed by atoms with Crippen molar-refractivity contribution in [2.75, 3.05) is 13.2 Å². The number of hydrogen-bond donors (Lipinski definition) is 1. The van der Waals surface area contributed by atoms with Crippen LogP contribution < -0.4 is 4.74 Å². The number of rotatable bonds is 5. The molecule has 1 aliphatic heterocycles. The number of carboxylic acids is 1. The Hall–Kier alpha value is -1.62. The molecule has 1 aromatic rings. The molecule has 0 aromatic carbocycles. The second-order valence-corrected chi connectivity index (χ2v) is 4.66. The highest BCUT2D eigenvalue weighted by molar-refractivity contribution is 5.88. The molecule has 0 bridgehead atoms. The standard InChI is InChI=1S/C14H19NO4/c1-2-4-12-11(14(16)17)6-7-13(15-12)19-10-5-3-8-18-9-10/h6-7,10H,2-5,8-9H2,1H3,(H,16,17). The van der Waals surface area contributed by atoms with Crippen molar-refractivity contribution in [3.8, 4) is 5.88 Å². The van der Waals surface area contributed by atoms with Gasteiger partial charge in [-0.2, -0.15) is 0 Å². The van der Waals surface area contributed by atoms with Gasteiger partial charge in [-0.25, -0.2) is 9.78 Å². The largest absolute Gasteiger partial charge is 0.478 e. The number of ether oxygens (including phenoxy) is 2. The molecule has 1 saturated heterocycles. The quantitative estimate of drug-likeness (QED) is 0.884. The molecule has 104 valence electrons. The smallest absolute Gasteiger partial charge is 0.337 e. The van der Waals surface area contributed by atoms with Crippen molar-refractivity contribution in [1.29, 1.82) is 0 Å². The molecule has 19 heavy (non-hydrogen) atoms. The van der Waals surface area contributed by atoms with Crippen LogP contribution in [0.5, 0.6) is 5.88 Å². The van der Waals surface area contributed by atoms with E-state index in [-0.39, 0.29) is 11.7 Å². The zero-order chi connectivity index (χ0) is 13.7. The van der Waals surface area contributed by atoms with Crippen LogP contribution in [0.15, 0.2) is 12.1 Å². The van der Waals surface area contributed by atoms with Crippen molar-refractivity contribution < 1.29 is 19.4 Å². The summed E-state index contributed by atoms with van der Waals surface area (Å²) in [6.45, 7) is 3.35. The van der Waals surface area contributed by atoms with Crippen LogP contribution in [0.25, 0.3) is 0 Å². The maximum atomic E-state index is 11.1. The van der Waals surface area contributed by atoms with E-state index in [0.717, 1.165) is 25.9 Å². The molecule has 2 heterocycles. The Labute approximate surface area is 112 Å². The Balaban J connectivity index is 2.12. The molecule has 2 rings (SSSR count). The fourth-order valence-electron chi connectivity index (χ4n) is 2.14. The first-order valence-electron chi connectivity index (χ1n) is 6.68. The van der Waals surface area contributed by atoms with E-state index < -0.39 is 5.97 Å². The van der Waals surface area contributed by atoms with Crippen molar-refractivity contribution in [2.45, 2.75) is 38.7 Å². The van der Waals surface area contributed by atoms with Gasteiger partial charge in [0.1, 0.15) is 6.10 Å². The van der Waals surface area contributed by atoms with E-state index in [1.165, 1.54) is 0 Å². The van der Waals surface area contributed by atoms with Crippen LogP contribution in [0, 0.1) is 0 Å². The lowest BCUT2D eigenvalue weighted by molar-refractivity contribution is 0.00540. The van der Waals surface area contributed by atoms with Crippen molar-refractivity contribution in [3.63, 3.8) is 0 Å². The van der Waals surface area contributed by atoms with Crippen molar-refractivity contribution in [3.05, 3.63) is 23.4 Å². The number of pyridine rings is 1. The van der Waals surface area contributed by atoms with Crippen molar-refractivity contribution >= 4 is 5.97 Å². The lowest BCUT2D eigenvalue weighted by atomic mass is 10.1. The number of aromatic nitrogens is 1. The molecule has 1 unspecified atom stereocenters. The Bertz CT molecular complexity index is 441. The van der Waals surface area contributed by atoms with E-state index >= 15 is 0 Å². The van der Waals surface area contributed by atoms with Crippen LogP contribution in [-0.4, -0.2) is 35.4 Å². The zero-order valence-electron chi connectivity index (χ0n) is 11.1. The fraction of sp³-hybridized carbons (Fsp3) is 0.571. The molecule has 1 atom stereocenters. The van der Waals surface area contributed by atoms with E-state index in [2.05, 4.69) is 4.98 Å². The molecular formula is C14H19NO4. The number of nitrogens with zero attached hydrogens (tertiary/aromatic N) is 1. The number of aryl methyl sites for hydroxylation is 1. The van der Waals surface area contributed by atoms with Crippen LogP contribution in [0.2, 0.25) is 0 Å². The van der Waals surface area contributed by atoms with Gasteiger partial charge < -0.3 is 14.6 Å². The Morgan fingerprint density at radius 1 is 1.58 bits per heavy atom. The summed E-state index contributed by atoms with van der Waals surface area (Å²) in [5.41, 5.74) is 0.846. The van der Waals surface area contributed by atoms with Gasteiger partial charge in [0.25, 0.3) is 0 Å². The fourth-order valence-corrected chi connectivity index (χ4v) is 2.14. The zero-order valence-corrected chi connectivity index (χ0v) is 11.1. The Morgan fingerprint density at radius 2 is 2.42 bits per heavy atom. The molecule has 0 spiro atoms. The molecule has 0 amide bonds. The summed E-state index contributed by atoms with van der Waals surface area (Å²) in [6, 6.07) is 3.19. The van der Waals surface area contributed by atoms with Crippen molar-refractivity contribution in [2.24, 2.45) is 0 Å². The molecule has 5 heteroatoms. The van der Waals surface area contributed by atoms with E-state index in [4.69, 9.17) is 14.6 Å². The van der Waals surface area contributed by atoms with Gasteiger partial charge in [0.2, 0.25) is 5.88 Å². The average molecular weight is 265 g/mol. The summed E-state index contributed by atoms with van der Waals surface area (Å²) in [6.07, 6.45) is 3.44. The molecule has 0 saturated carbocycles. The molecule has 1 fully saturated rings. The van der Waals surface area contributed by atoms with Crippen LogP contribution in [0.3, 0.4) is 0 Å². The second kappa shape index (κ2) is 6.52. The highest BCUT2D eigenvalue weighted by atomic mass is 16.5. The minimum atomic E-state index is -0.941. The summed E-state index contributed by atoms with van der Waals surface area (Å²) < 4.78 is 11.1. The first-order chi connectivity index (χ1) is 9.20. The van der Waals surface area contributed by atoms with Gasteiger partial charge in [-0.05, 0) is 25.3 Å². The summed E-state index contributed by atoms with van der Waals surface area (Å²) >= 11 is 0. The molecule has 1 aromatic heterocycles. The highest BCUT2D eigenvalue weighted by Gasteiger charge is 2.18. The SMILES string of the molecule is CCCc1nc(OC2CCCOC2)ccc1C(=O)O. The van der Waals surface area contributed by atoms with Gasteiger partial charge >= 0.3 is 5.97 Å². The Morgan fingerprint density at radius 3 is 3.05 bits per heavy atom. The normalized spacial score (nSPS) is 19.1. The van der Waals surface area contributed by atoms with E-state index in [1.807, 2.05) is 6.92 Å². The van der Waals surface area contributed by atoms with Gasteiger partial charge in [-0.3, -0.25) is 0 Å². The maximum absolute atomic E-state index is 11.1. The predicted octanol–water partition coefficient (Wildman–Crippen LogP) is 2.29. The van der Waals surface area contributed by atoms with E-state index in [9.17, 15) is 4.79 Å². The first-order valence-corrected chi connectivity index (χ1v) is 6.68. The van der Waals surface area contributed by atoms with E-state index in [1.54, 1.807) is 12.1 Å². The van der Waals surface area contributed by atoms with Gasteiger partial charge in [0.15, 0.2) is 0 Å². The van der Waals surface area contributed by atoms with Gasteiger partial charge in [-0.15, -0.1) is 0 Å². The van der Waals surface area contributed by atoms with Crippen LogP contribution in [-0.2, 0) is 11.2 Å². The minimum Gasteiger partial charge on any atom is -0.478 e. The molecule has 1 N–H and O–H groups in total. The summed E-state index contributed by atoms with van der Waals surface area (Å²) in [5.74, 6) is -0.451. The van der Waals surface area contributed by atoms with Crippen LogP contribution in [0.1, 0.15) is 42.2 Å². The lowest BCUT2D eigenvalue weighted by Crippen LogP contribution is -2.28. The Kier molecular flexibility index (Phi) is 4.74. The summed E-state index contributed by atoms with van der Waals surface area (Å²) in [5, 5.41) is 9.10. The third-order valence-corrected chi connectivity index (χ3v) is 3.07. The monoisotopic (exact) mass is 265 g/mol. The maximum Gasteiger partial charge on any atom is 0.337 e. The van der Waals surface area contributed by atoms with Crippen LogP contribution >= 0.6 is 0 Å². The van der Waals surface area contributed by atoms with Gasteiger partial charge in [-0.1, -0.05) is 13.3 Å².